The van der Waals surface area contributed by atoms with Gasteiger partial charge in [0.2, 0.25) is 0 Å². The van der Waals surface area contributed by atoms with Crippen molar-refractivity contribution in [3.05, 3.63) is 29.8 Å². The summed E-state index contributed by atoms with van der Waals surface area (Å²) in [4.78, 5) is 0. The van der Waals surface area contributed by atoms with E-state index < -0.39 is 0 Å². The monoisotopic (exact) mass is 376 g/mol. The number of benzene rings is 1. The second kappa shape index (κ2) is 11.1. The van der Waals surface area contributed by atoms with Crippen LogP contribution >= 0.6 is 0 Å². The Morgan fingerprint density at radius 2 is 1.67 bits per heavy atom. The third-order valence-corrected chi connectivity index (χ3v) is 5.40. The lowest BCUT2D eigenvalue weighted by Crippen LogP contribution is -2.29. The Labute approximate surface area is 166 Å². The smallest absolute Gasteiger partial charge is 0.200 e. The largest absolute Gasteiger partial charge is 0.465 e. The molecule has 0 spiro atoms. The highest BCUT2D eigenvalue weighted by atomic mass is 16.7. The van der Waals surface area contributed by atoms with Crippen LogP contribution in [0.1, 0.15) is 91.0 Å². The molecular weight excluding hydrogens is 336 g/mol. The van der Waals surface area contributed by atoms with Gasteiger partial charge in [-0.25, -0.2) is 0 Å². The van der Waals surface area contributed by atoms with E-state index in [1.54, 1.807) is 0 Å². The van der Waals surface area contributed by atoms with Gasteiger partial charge in [-0.05, 0) is 48.3 Å². The van der Waals surface area contributed by atoms with Crippen molar-refractivity contribution in [1.82, 2.24) is 0 Å². The zero-order valence-electron chi connectivity index (χ0n) is 18.1. The van der Waals surface area contributed by atoms with E-state index >= 15 is 0 Å². The predicted octanol–water partition coefficient (Wildman–Crippen LogP) is 6.71. The molecule has 3 heteroatoms. The zero-order chi connectivity index (χ0) is 19.7. The SMILES string of the molecule is CCC(C)c1ccc(OC(CC(C)(C)C)OCCOC2CCCCC2)cc1. The summed E-state index contributed by atoms with van der Waals surface area (Å²) in [7, 11) is 0. The molecule has 2 rings (SSSR count). The highest BCUT2D eigenvalue weighted by Gasteiger charge is 2.21. The summed E-state index contributed by atoms with van der Waals surface area (Å²) >= 11 is 0. The molecule has 1 aliphatic rings. The maximum atomic E-state index is 6.17. The lowest BCUT2D eigenvalue weighted by atomic mass is 9.92. The van der Waals surface area contributed by atoms with E-state index in [1.807, 2.05) is 0 Å². The standard InChI is InChI=1S/C24H40O3/c1-6-19(2)20-12-14-22(15-13-20)27-23(18-24(3,4)5)26-17-16-25-21-10-8-7-9-11-21/h12-15,19,21,23H,6-11,16-18H2,1-5H3. The molecule has 0 N–H and O–H groups in total. The highest BCUT2D eigenvalue weighted by molar-refractivity contribution is 5.29. The van der Waals surface area contributed by atoms with Gasteiger partial charge in [-0.2, -0.15) is 0 Å². The Morgan fingerprint density at radius 1 is 1.00 bits per heavy atom. The van der Waals surface area contributed by atoms with E-state index in [-0.39, 0.29) is 11.7 Å². The van der Waals surface area contributed by atoms with Gasteiger partial charge in [-0.15, -0.1) is 0 Å². The summed E-state index contributed by atoms with van der Waals surface area (Å²) in [6.45, 7) is 12.4. The molecule has 3 nitrogen and oxygen atoms in total. The van der Waals surface area contributed by atoms with E-state index in [2.05, 4.69) is 58.9 Å². The third-order valence-electron chi connectivity index (χ3n) is 5.40. The van der Waals surface area contributed by atoms with Gasteiger partial charge in [0, 0.05) is 6.42 Å². The molecule has 0 aromatic heterocycles. The van der Waals surface area contributed by atoms with Gasteiger partial charge in [0.1, 0.15) is 5.75 Å². The molecule has 1 fully saturated rings. The quantitative estimate of drug-likeness (QED) is 0.335. The van der Waals surface area contributed by atoms with Crippen molar-refractivity contribution in [1.29, 1.82) is 0 Å². The summed E-state index contributed by atoms with van der Waals surface area (Å²) in [6.07, 6.45) is 8.54. The fourth-order valence-electron chi connectivity index (χ4n) is 3.52. The van der Waals surface area contributed by atoms with E-state index in [9.17, 15) is 0 Å². The minimum absolute atomic E-state index is 0.144. The summed E-state index contributed by atoms with van der Waals surface area (Å²) in [6, 6.07) is 8.48. The van der Waals surface area contributed by atoms with Crippen LogP contribution in [0, 0.1) is 5.41 Å². The Morgan fingerprint density at radius 3 is 2.26 bits per heavy atom. The van der Waals surface area contributed by atoms with Crippen molar-refractivity contribution in [3.8, 4) is 5.75 Å². The fraction of sp³-hybridized carbons (Fsp3) is 0.750. The maximum Gasteiger partial charge on any atom is 0.200 e. The van der Waals surface area contributed by atoms with Crippen molar-refractivity contribution in [3.63, 3.8) is 0 Å². The summed E-state index contributed by atoms with van der Waals surface area (Å²) in [5, 5.41) is 0. The van der Waals surface area contributed by atoms with Crippen molar-refractivity contribution >= 4 is 0 Å². The fourth-order valence-corrected chi connectivity index (χ4v) is 3.52. The van der Waals surface area contributed by atoms with Crippen LogP contribution in [-0.4, -0.2) is 25.6 Å². The molecule has 1 aromatic rings. The highest BCUT2D eigenvalue weighted by Crippen LogP contribution is 2.27. The Balaban J connectivity index is 1.83. The maximum absolute atomic E-state index is 6.17. The van der Waals surface area contributed by atoms with Crippen molar-refractivity contribution in [2.75, 3.05) is 13.2 Å². The van der Waals surface area contributed by atoms with Crippen molar-refractivity contribution < 1.29 is 14.2 Å². The van der Waals surface area contributed by atoms with Crippen LogP contribution in [0.2, 0.25) is 0 Å². The lowest BCUT2D eigenvalue weighted by Gasteiger charge is -2.27. The topological polar surface area (TPSA) is 27.7 Å². The first-order valence-corrected chi connectivity index (χ1v) is 10.9. The van der Waals surface area contributed by atoms with E-state index in [4.69, 9.17) is 14.2 Å². The van der Waals surface area contributed by atoms with Gasteiger partial charge in [0.15, 0.2) is 6.29 Å². The number of hydrogen-bond acceptors (Lipinski definition) is 3. The predicted molar refractivity (Wildman–Crippen MR) is 112 cm³/mol. The van der Waals surface area contributed by atoms with Gasteiger partial charge in [-0.1, -0.05) is 66.0 Å². The third kappa shape index (κ3) is 8.66. The van der Waals surface area contributed by atoms with Gasteiger partial charge >= 0.3 is 0 Å². The van der Waals surface area contributed by atoms with Crippen LogP contribution in [0.15, 0.2) is 24.3 Å². The molecule has 1 aromatic carbocycles. The Bertz CT molecular complexity index is 511. The average molecular weight is 377 g/mol. The van der Waals surface area contributed by atoms with Crippen LogP contribution in [0.3, 0.4) is 0 Å². The summed E-state index contributed by atoms with van der Waals surface area (Å²) in [5.41, 5.74) is 1.50. The zero-order valence-corrected chi connectivity index (χ0v) is 18.1. The second-order valence-electron chi connectivity index (χ2n) is 9.19. The van der Waals surface area contributed by atoms with Crippen LogP contribution in [0.5, 0.6) is 5.75 Å². The molecule has 0 heterocycles. The lowest BCUT2D eigenvalue weighted by molar-refractivity contribution is -0.119. The molecule has 1 saturated carbocycles. The molecule has 154 valence electrons. The van der Waals surface area contributed by atoms with Crippen LogP contribution in [0.4, 0.5) is 0 Å². The van der Waals surface area contributed by atoms with E-state index in [1.165, 1.54) is 37.7 Å². The van der Waals surface area contributed by atoms with Crippen molar-refractivity contribution in [2.45, 2.75) is 97.9 Å². The van der Waals surface area contributed by atoms with Gasteiger partial charge < -0.3 is 14.2 Å². The molecule has 0 saturated heterocycles. The number of hydrogen-bond donors (Lipinski definition) is 0. The molecule has 0 aliphatic heterocycles. The van der Waals surface area contributed by atoms with Gasteiger partial charge in [-0.3, -0.25) is 0 Å². The van der Waals surface area contributed by atoms with Crippen LogP contribution in [-0.2, 0) is 9.47 Å². The average Bonchev–Trinajstić information content (AvgIpc) is 2.64. The minimum atomic E-state index is -0.241. The minimum Gasteiger partial charge on any atom is -0.465 e. The first kappa shape index (κ1) is 22.2. The molecule has 2 atom stereocenters. The molecular formula is C24H40O3. The summed E-state index contributed by atoms with van der Waals surface area (Å²) in [5.74, 6) is 1.46. The first-order chi connectivity index (χ1) is 12.9. The van der Waals surface area contributed by atoms with Gasteiger partial charge in [0.25, 0.3) is 0 Å². The Kier molecular flexibility index (Phi) is 9.11. The van der Waals surface area contributed by atoms with Gasteiger partial charge in [0.05, 0.1) is 19.3 Å². The normalized spacial score (nSPS) is 18.3. The van der Waals surface area contributed by atoms with E-state index in [0.29, 0.717) is 25.2 Å². The molecule has 27 heavy (non-hydrogen) atoms. The summed E-state index contributed by atoms with van der Waals surface area (Å²) < 4.78 is 18.2. The molecule has 2 unspecified atom stereocenters. The van der Waals surface area contributed by atoms with Crippen LogP contribution in [0.25, 0.3) is 0 Å². The molecule has 0 amide bonds. The molecule has 0 bridgehead atoms. The number of ether oxygens (including phenoxy) is 3. The number of rotatable bonds is 10. The molecule has 0 radical (unpaired) electrons. The van der Waals surface area contributed by atoms with Crippen molar-refractivity contribution in [2.24, 2.45) is 5.41 Å². The molecule has 1 aliphatic carbocycles. The second-order valence-corrected chi connectivity index (χ2v) is 9.19. The first-order valence-electron chi connectivity index (χ1n) is 10.9. The Hall–Kier alpha value is -1.06. The van der Waals surface area contributed by atoms with Crippen LogP contribution < -0.4 is 4.74 Å². The van der Waals surface area contributed by atoms with E-state index in [0.717, 1.165) is 18.6 Å².